The number of aliphatic hydroxyl groups is 4. The highest BCUT2D eigenvalue weighted by Crippen LogP contribution is 2.62. The second-order valence-electron chi connectivity index (χ2n) is 12.1. The molecule has 5 atom stereocenters. The zero-order valence-corrected chi connectivity index (χ0v) is 25.8. The quantitative estimate of drug-likeness (QED) is 0.0568. The molecule has 0 aromatic heterocycles. The van der Waals surface area contributed by atoms with E-state index in [0.717, 1.165) is 48.9 Å². The minimum Gasteiger partial charge on any atom is -0.396 e. The molecule has 0 amide bonds. The summed E-state index contributed by atoms with van der Waals surface area (Å²) in [5, 5.41) is 46.2. The average Bonchev–Trinajstić information content (AvgIpc) is 3.29. The Labute approximate surface area is 247 Å². The van der Waals surface area contributed by atoms with Crippen LogP contribution in [0.4, 0.5) is 0 Å². The van der Waals surface area contributed by atoms with Gasteiger partial charge < -0.3 is 30.5 Å². The normalized spacial score (nSPS) is 30.4. The number of nitrogens with one attached hydrogen (secondary N) is 1. The molecule has 7 heteroatoms. The van der Waals surface area contributed by atoms with Crippen LogP contribution in [0.3, 0.4) is 0 Å². The van der Waals surface area contributed by atoms with Crippen molar-refractivity contribution >= 4 is 6.29 Å². The standard InChI is InChI=1S/C34H55NO6/c1-6-35-22-26(3)12-7-10-25(2)11-8-13-28(24-41-21-20-37)30-16-18-34(32(30)39)31(14-9-19-36)29(27(4)23-38)15-17-33(34,5)40/h8,11-13,23,30-32,35-37,39-40H,2,6-7,9-10,14-22,24H2,1,3-5H3. The SMILES string of the molecule is C=C(C=CC=C(COCCO)C1CCC2(C(CCCO)C(=C(C)C=O)CCC2(C)O)C1O)CCC=C(C)CNCC. The topological polar surface area (TPSA) is 119 Å². The Morgan fingerprint density at radius 2 is 1.98 bits per heavy atom. The lowest BCUT2D eigenvalue weighted by atomic mass is 9.52. The molecule has 0 saturated heterocycles. The van der Waals surface area contributed by atoms with Gasteiger partial charge in [0, 0.05) is 24.5 Å². The molecule has 5 unspecified atom stereocenters. The Kier molecular flexibility index (Phi) is 14.9. The van der Waals surface area contributed by atoms with Crippen molar-refractivity contribution in [2.75, 3.05) is 39.5 Å². The number of aldehydes is 1. The number of hydrogen-bond donors (Lipinski definition) is 5. The maximum atomic E-state index is 12.1. The maximum Gasteiger partial charge on any atom is 0.145 e. The molecule has 7 nitrogen and oxygen atoms in total. The number of aliphatic hydroxyl groups excluding tert-OH is 3. The second-order valence-corrected chi connectivity index (χ2v) is 12.1. The van der Waals surface area contributed by atoms with E-state index in [0.29, 0.717) is 44.1 Å². The summed E-state index contributed by atoms with van der Waals surface area (Å²) in [6.45, 7) is 14.3. The summed E-state index contributed by atoms with van der Waals surface area (Å²) in [6.07, 6.45) is 13.4. The number of hydrogen-bond acceptors (Lipinski definition) is 7. The summed E-state index contributed by atoms with van der Waals surface area (Å²) in [6, 6.07) is 0. The number of carbonyl (C=O) groups is 1. The van der Waals surface area contributed by atoms with Crippen molar-refractivity contribution in [1.29, 1.82) is 0 Å². The van der Waals surface area contributed by atoms with Gasteiger partial charge in [0.25, 0.3) is 0 Å². The van der Waals surface area contributed by atoms with Crippen LogP contribution < -0.4 is 5.32 Å². The Balaban J connectivity index is 2.33. The highest BCUT2D eigenvalue weighted by atomic mass is 16.5. The Bertz CT molecular complexity index is 978. The summed E-state index contributed by atoms with van der Waals surface area (Å²) in [5.41, 5.74) is 2.91. The third-order valence-electron chi connectivity index (χ3n) is 9.27. The summed E-state index contributed by atoms with van der Waals surface area (Å²) < 4.78 is 5.73. The van der Waals surface area contributed by atoms with Crippen LogP contribution >= 0.6 is 0 Å². The van der Waals surface area contributed by atoms with Crippen LogP contribution in [0.2, 0.25) is 0 Å². The van der Waals surface area contributed by atoms with E-state index in [2.05, 4.69) is 31.8 Å². The van der Waals surface area contributed by atoms with E-state index in [9.17, 15) is 25.2 Å². The molecule has 0 aromatic carbocycles. The van der Waals surface area contributed by atoms with Crippen molar-refractivity contribution < 1.29 is 30.0 Å². The number of ether oxygens (including phenoxy) is 1. The molecule has 1 spiro atoms. The fraction of sp³-hybridized carbons (Fsp3) is 0.676. The smallest absolute Gasteiger partial charge is 0.145 e. The van der Waals surface area contributed by atoms with Crippen LogP contribution in [-0.2, 0) is 9.53 Å². The molecule has 0 heterocycles. The third-order valence-corrected chi connectivity index (χ3v) is 9.27. The van der Waals surface area contributed by atoms with Crippen LogP contribution in [-0.4, -0.2) is 77.9 Å². The predicted molar refractivity (Wildman–Crippen MR) is 165 cm³/mol. The van der Waals surface area contributed by atoms with E-state index >= 15 is 0 Å². The number of likely N-dealkylation sites (N-methyl/N-ethyl adjacent to an activating group) is 1. The molecular weight excluding hydrogens is 518 g/mol. The molecular formula is C34H55NO6. The first-order valence-corrected chi connectivity index (χ1v) is 15.4. The monoisotopic (exact) mass is 573 g/mol. The van der Waals surface area contributed by atoms with Gasteiger partial charge in [0.2, 0.25) is 0 Å². The molecule has 0 aliphatic heterocycles. The lowest BCUT2D eigenvalue weighted by molar-refractivity contribution is -0.167. The highest BCUT2D eigenvalue weighted by molar-refractivity contribution is 5.74. The average molecular weight is 574 g/mol. The first kappa shape index (κ1) is 35.3. The molecule has 2 rings (SSSR count). The van der Waals surface area contributed by atoms with E-state index in [4.69, 9.17) is 4.74 Å². The molecule has 2 aliphatic carbocycles. The van der Waals surface area contributed by atoms with Gasteiger partial charge in [-0.25, -0.2) is 0 Å². The van der Waals surface area contributed by atoms with Gasteiger partial charge in [-0.2, -0.15) is 0 Å². The van der Waals surface area contributed by atoms with Crippen molar-refractivity contribution in [1.82, 2.24) is 5.32 Å². The Hall–Kier alpha value is -1.87. The molecule has 2 saturated carbocycles. The van der Waals surface area contributed by atoms with Gasteiger partial charge >= 0.3 is 0 Å². The number of carbonyl (C=O) groups excluding carboxylic acids is 1. The van der Waals surface area contributed by atoms with Crippen LogP contribution in [0.25, 0.3) is 0 Å². The maximum absolute atomic E-state index is 12.1. The molecule has 232 valence electrons. The number of rotatable bonds is 17. The second kappa shape index (κ2) is 17.3. The van der Waals surface area contributed by atoms with Crippen molar-refractivity contribution in [3.8, 4) is 0 Å². The lowest BCUT2D eigenvalue weighted by Crippen LogP contribution is -2.59. The molecule has 2 aliphatic rings. The molecule has 0 aromatic rings. The molecule has 0 radical (unpaired) electrons. The Morgan fingerprint density at radius 3 is 2.63 bits per heavy atom. The van der Waals surface area contributed by atoms with E-state index in [1.165, 1.54) is 5.57 Å². The first-order valence-electron chi connectivity index (χ1n) is 15.4. The van der Waals surface area contributed by atoms with Crippen molar-refractivity contribution in [2.24, 2.45) is 17.3 Å². The van der Waals surface area contributed by atoms with Crippen LogP contribution in [0.1, 0.15) is 79.1 Å². The molecule has 2 fully saturated rings. The molecule has 5 N–H and O–H groups in total. The van der Waals surface area contributed by atoms with Crippen molar-refractivity contribution in [2.45, 2.75) is 90.8 Å². The van der Waals surface area contributed by atoms with Gasteiger partial charge in [-0.15, -0.1) is 0 Å². The van der Waals surface area contributed by atoms with E-state index in [-0.39, 0.29) is 38.3 Å². The van der Waals surface area contributed by atoms with Gasteiger partial charge in [-0.05, 0) is 95.7 Å². The third kappa shape index (κ3) is 9.06. The molecule has 0 bridgehead atoms. The molecule has 41 heavy (non-hydrogen) atoms. The van der Waals surface area contributed by atoms with E-state index in [1.54, 1.807) is 0 Å². The minimum atomic E-state index is -1.13. The summed E-state index contributed by atoms with van der Waals surface area (Å²) in [4.78, 5) is 11.8. The summed E-state index contributed by atoms with van der Waals surface area (Å²) >= 11 is 0. The minimum absolute atomic E-state index is 0.0154. The van der Waals surface area contributed by atoms with Gasteiger partial charge in [-0.1, -0.05) is 54.5 Å². The predicted octanol–water partition coefficient (Wildman–Crippen LogP) is 4.58. The van der Waals surface area contributed by atoms with Gasteiger partial charge in [-0.3, -0.25) is 4.79 Å². The summed E-state index contributed by atoms with van der Waals surface area (Å²) in [5.74, 6) is -0.454. The Morgan fingerprint density at radius 1 is 1.22 bits per heavy atom. The van der Waals surface area contributed by atoms with Gasteiger partial charge in [0.1, 0.15) is 6.29 Å². The lowest BCUT2D eigenvalue weighted by Gasteiger charge is -2.55. The largest absolute Gasteiger partial charge is 0.396 e. The van der Waals surface area contributed by atoms with Crippen LogP contribution in [0.15, 0.2) is 58.7 Å². The van der Waals surface area contributed by atoms with Gasteiger partial charge in [0.15, 0.2) is 0 Å². The number of allylic oxidation sites excluding steroid dienone is 7. The van der Waals surface area contributed by atoms with Crippen LogP contribution in [0, 0.1) is 17.3 Å². The fourth-order valence-electron chi connectivity index (χ4n) is 6.98. The highest BCUT2D eigenvalue weighted by Gasteiger charge is 2.63. The van der Waals surface area contributed by atoms with E-state index < -0.39 is 17.1 Å². The van der Waals surface area contributed by atoms with Crippen molar-refractivity contribution in [3.63, 3.8) is 0 Å². The first-order chi connectivity index (χ1) is 19.6. The zero-order chi connectivity index (χ0) is 30.5. The van der Waals surface area contributed by atoms with Crippen molar-refractivity contribution in [3.05, 3.63) is 58.7 Å². The fourth-order valence-corrected chi connectivity index (χ4v) is 6.98. The zero-order valence-electron chi connectivity index (χ0n) is 25.8. The summed E-state index contributed by atoms with van der Waals surface area (Å²) in [7, 11) is 0. The van der Waals surface area contributed by atoms with Crippen LogP contribution in [0.5, 0.6) is 0 Å². The van der Waals surface area contributed by atoms with E-state index in [1.807, 2.05) is 32.1 Å². The van der Waals surface area contributed by atoms with Gasteiger partial charge in [0.05, 0.1) is 31.5 Å².